The Kier molecular flexibility index (Phi) is 5.22. The third kappa shape index (κ3) is 3.59. The van der Waals surface area contributed by atoms with Gasteiger partial charge in [-0.15, -0.1) is 11.3 Å². The lowest BCUT2D eigenvalue weighted by Crippen LogP contribution is -2.03. The Hall–Kier alpha value is -6.82. The van der Waals surface area contributed by atoms with Crippen molar-refractivity contribution < 1.29 is 0 Å². The van der Waals surface area contributed by atoms with Gasteiger partial charge in [-0.3, -0.25) is 4.57 Å². The molecule has 5 aromatic heterocycles. The zero-order valence-corrected chi connectivity index (χ0v) is 29.0. The van der Waals surface area contributed by atoms with E-state index < -0.39 is 0 Å². The maximum absolute atomic E-state index is 5.59. The van der Waals surface area contributed by atoms with Crippen molar-refractivity contribution in [1.82, 2.24) is 18.9 Å². The van der Waals surface area contributed by atoms with Gasteiger partial charge in [0.05, 0.1) is 43.5 Å². The van der Waals surface area contributed by atoms with Gasteiger partial charge in [0, 0.05) is 48.0 Å². The minimum Gasteiger partial charge on any atom is -0.308 e. The lowest BCUT2D eigenvalue weighted by molar-refractivity contribution is 1.02. The Morgan fingerprint density at radius 3 is 1.91 bits per heavy atom. The Morgan fingerprint density at radius 2 is 1.08 bits per heavy atom. The molecule has 0 saturated heterocycles. The smallest absolute Gasteiger partial charge is 0.235 e. The Bertz CT molecular complexity index is 3700. The number of rotatable bonds is 2. The molecule has 8 aromatic carbocycles. The summed E-state index contributed by atoms with van der Waals surface area (Å²) in [5.41, 5.74) is 8.95. The highest BCUT2D eigenvalue weighted by Crippen LogP contribution is 2.47. The van der Waals surface area contributed by atoms with Crippen molar-refractivity contribution in [3.63, 3.8) is 0 Å². The summed E-state index contributed by atoms with van der Waals surface area (Å²) in [5.74, 6) is 0.683. The number of hydrogen-bond acceptors (Lipinski definition) is 3. The molecule has 0 N–H and O–H groups in total. The molecule has 0 saturated carbocycles. The highest BCUT2D eigenvalue weighted by Gasteiger charge is 2.26. The van der Waals surface area contributed by atoms with Crippen LogP contribution in [0.4, 0.5) is 0 Å². The average molecular weight is 691 g/mol. The van der Waals surface area contributed by atoms with Crippen molar-refractivity contribution >= 4 is 113 Å². The van der Waals surface area contributed by atoms with E-state index in [0.717, 1.165) is 37.9 Å². The first kappa shape index (κ1) is 27.8. The van der Waals surface area contributed by atoms with E-state index in [9.17, 15) is 0 Å². The third-order valence-electron chi connectivity index (χ3n) is 11.4. The lowest BCUT2D eigenvalue weighted by atomic mass is 10.0. The summed E-state index contributed by atoms with van der Waals surface area (Å²) in [6.07, 6.45) is 0. The fraction of sp³-hybridized carbons (Fsp3) is 0. The highest BCUT2D eigenvalue weighted by molar-refractivity contribution is 7.26. The van der Waals surface area contributed by atoms with Crippen LogP contribution in [-0.4, -0.2) is 18.9 Å². The van der Waals surface area contributed by atoms with Crippen LogP contribution in [0.3, 0.4) is 0 Å². The first-order valence-electron chi connectivity index (χ1n) is 18.0. The van der Waals surface area contributed by atoms with Gasteiger partial charge in [0.15, 0.2) is 0 Å². The number of thiophene rings is 1. The van der Waals surface area contributed by atoms with Crippen molar-refractivity contribution in [3.8, 4) is 17.2 Å². The Labute approximate surface area is 305 Å². The van der Waals surface area contributed by atoms with E-state index in [1.54, 1.807) is 11.3 Å². The summed E-state index contributed by atoms with van der Waals surface area (Å²) < 4.78 is 7.15. The number of benzene rings is 8. The normalized spacial score (nSPS) is 12.5. The zero-order valence-electron chi connectivity index (χ0n) is 28.2. The van der Waals surface area contributed by atoms with Crippen LogP contribution in [0.2, 0.25) is 0 Å². The standard InChI is InChI=1S/C48H26N4S/c1-2-12-28-23-31(22-21-27(28)11-1)43-47-44(34-17-7-10-20-41(34)53-47)50-48(49-43)52-39-19-9-6-16-33(39)36-26-35-32-15-5-8-18-38(32)51-40-25-30-14-4-3-13-29(30)24-37(40)42(45(35)51)46(36)52/h1-26H. The molecule has 5 heteroatoms. The van der Waals surface area contributed by atoms with Crippen molar-refractivity contribution in [1.29, 1.82) is 0 Å². The summed E-state index contributed by atoms with van der Waals surface area (Å²) in [5, 5.41) is 13.4. The molecule has 13 rings (SSSR count). The van der Waals surface area contributed by atoms with E-state index in [4.69, 9.17) is 9.97 Å². The summed E-state index contributed by atoms with van der Waals surface area (Å²) >= 11 is 1.78. The second-order valence-corrected chi connectivity index (χ2v) is 15.2. The minimum atomic E-state index is 0.683. The quantitative estimate of drug-likeness (QED) is 0.181. The van der Waals surface area contributed by atoms with Gasteiger partial charge < -0.3 is 4.40 Å². The topological polar surface area (TPSA) is 35.1 Å². The molecule has 5 heterocycles. The summed E-state index contributed by atoms with van der Waals surface area (Å²) in [6, 6.07) is 57.4. The van der Waals surface area contributed by atoms with Gasteiger partial charge in [0.25, 0.3) is 0 Å². The van der Waals surface area contributed by atoms with E-state index >= 15 is 0 Å². The molecule has 0 radical (unpaired) electrons. The predicted molar refractivity (Wildman–Crippen MR) is 224 cm³/mol. The molecule has 0 bridgehead atoms. The minimum absolute atomic E-state index is 0.683. The highest BCUT2D eigenvalue weighted by atomic mass is 32.1. The van der Waals surface area contributed by atoms with Crippen molar-refractivity contribution in [2.45, 2.75) is 0 Å². The molecule has 0 aliphatic heterocycles. The third-order valence-corrected chi connectivity index (χ3v) is 12.6. The molecule has 0 aliphatic carbocycles. The van der Waals surface area contributed by atoms with E-state index in [1.165, 1.54) is 75.1 Å². The summed E-state index contributed by atoms with van der Waals surface area (Å²) in [6.45, 7) is 0. The molecule has 0 unspecified atom stereocenters. The number of aromatic nitrogens is 4. The number of fused-ring (bicyclic) bond motifs is 15. The fourth-order valence-electron chi connectivity index (χ4n) is 9.11. The molecule has 0 fully saturated rings. The van der Waals surface area contributed by atoms with Crippen molar-refractivity contribution in [2.75, 3.05) is 0 Å². The van der Waals surface area contributed by atoms with Gasteiger partial charge in [-0.25, -0.2) is 9.97 Å². The summed E-state index contributed by atoms with van der Waals surface area (Å²) in [4.78, 5) is 11.1. The molecule has 0 spiro atoms. The van der Waals surface area contributed by atoms with E-state index in [1.807, 2.05) is 0 Å². The number of nitrogens with zero attached hydrogens (tertiary/aromatic N) is 4. The van der Waals surface area contributed by atoms with E-state index in [-0.39, 0.29) is 0 Å². The molecular formula is C48H26N4S. The maximum Gasteiger partial charge on any atom is 0.235 e. The largest absolute Gasteiger partial charge is 0.308 e. The average Bonchev–Trinajstić information content (AvgIpc) is 3.95. The molecule has 13 aromatic rings. The summed E-state index contributed by atoms with van der Waals surface area (Å²) in [7, 11) is 0. The molecule has 0 atom stereocenters. The van der Waals surface area contributed by atoms with Crippen molar-refractivity contribution in [3.05, 3.63) is 158 Å². The van der Waals surface area contributed by atoms with Gasteiger partial charge in [-0.2, -0.15) is 0 Å². The van der Waals surface area contributed by atoms with E-state index in [2.05, 4.69) is 167 Å². The Balaban J connectivity index is 1.25. The zero-order chi connectivity index (χ0) is 34.4. The molecule has 244 valence electrons. The first-order chi connectivity index (χ1) is 26.3. The van der Waals surface area contributed by atoms with Crippen LogP contribution >= 0.6 is 11.3 Å². The fourth-order valence-corrected chi connectivity index (χ4v) is 10.3. The number of hydrogen-bond donors (Lipinski definition) is 0. The lowest BCUT2D eigenvalue weighted by Gasteiger charge is -2.11. The molecule has 4 nitrogen and oxygen atoms in total. The second kappa shape index (κ2) is 9.94. The van der Waals surface area contributed by atoms with Crippen LogP contribution < -0.4 is 0 Å². The molecular weight excluding hydrogens is 665 g/mol. The molecule has 53 heavy (non-hydrogen) atoms. The van der Waals surface area contributed by atoms with Crippen LogP contribution in [0, 0.1) is 0 Å². The SMILES string of the molecule is c1ccc2cc(-c3nc(-n4c5ccccc5c5cc6c7ccccc7n7c8cc9ccccc9cc8c(c54)c67)nc4c3sc3ccccc34)ccc2c1. The van der Waals surface area contributed by atoms with E-state index in [0.29, 0.717) is 5.95 Å². The van der Waals surface area contributed by atoms with Gasteiger partial charge in [-0.05, 0) is 64.0 Å². The van der Waals surface area contributed by atoms with Gasteiger partial charge in [0.1, 0.15) is 0 Å². The van der Waals surface area contributed by atoms with Crippen LogP contribution in [0.25, 0.3) is 119 Å². The molecule has 0 aliphatic rings. The Morgan fingerprint density at radius 1 is 0.434 bits per heavy atom. The van der Waals surface area contributed by atoms with Gasteiger partial charge >= 0.3 is 0 Å². The van der Waals surface area contributed by atoms with Crippen molar-refractivity contribution in [2.24, 2.45) is 0 Å². The first-order valence-corrected chi connectivity index (χ1v) is 18.8. The predicted octanol–water partition coefficient (Wildman–Crippen LogP) is 13.1. The van der Waals surface area contributed by atoms with Gasteiger partial charge in [0.2, 0.25) is 5.95 Å². The van der Waals surface area contributed by atoms with Gasteiger partial charge in [-0.1, -0.05) is 115 Å². The van der Waals surface area contributed by atoms with Crippen LogP contribution in [0.5, 0.6) is 0 Å². The van der Waals surface area contributed by atoms with Crippen LogP contribution in [0.15, 0.2) is 158 Å². The second-order valence-electron chi connectivity index (χ2n) is 14.2. The van der Waals surface area contributed by atoms with Crippen LogP contribution in [-0.2, 0) is 0 Å². The number of para-hydroxylation sites is 2. The molecule has 0 amide bonds. The monoisotopic (exact) mass is 690 g/mol. The maximum atomic E-state index is 5.59. The van der Waals surface area contributed by atoms with Crippen LogP contribution in [0.1, 0.15) is 0 Å².